The van der Waals surface area contributed by atoms with Crippen LogP contribution in [0.2, 0.25) is 0 Å². The molecule has 1 unspecified atom stereocenters. The van der Waals surface area contributed by atoms with Gasteiger partial charge in [0.2, 0.25) is 0 Å². The maximum absolute atomic E-state index is 12.1. The highest BCUT2D eigenvalue weighted by Gasteiger charge is 2.21. The maximum Gasteiger partial charge on any atom is 0.141 e. The number of carbonyl (C=O) groups is 1. The van der Waals surface area contributed by atoms with Crippen LogP contribution in [-0.2, 0) is 4.79 Å². The van der Waals surface area contributed by atoms with E-state index in [0.29, 0.717) is 17.7 Å². The second kappa shape index (κ2) is 11.6. The topological polar surface area (TPSA) is 33.7 Å². The summed E-state index contributed by atoms with van der Waals surface area (Å²) in [7, 11) is 0. The zero-order chi connectivity index (χ0) is 14.1. The van der Waals surface area contributed by atoms with Gasteiger partial charge in [-0.15, -0.1) is 0 Å². The maximum atomic E-state index is 12.1. The number of rotatable bonds is 9. The summed E-state index contributed by atoms with van der Waals surface area (Å²) in [5.41, 5.74) is 0. The van der Waals surface area contributed by atoms with Crippen molar-refractivity contribution in [2.45, 2.75) is 84.6 Å². The van der Waals surface area contributed by atoms with Crippen LogP contribution < -0.4 is 17.7 Å². The summed E-state index contributed by atoms with van der Waals surface area (Å²) in [6.07, 6.45) is 10.9. The zero-order valence-electron chi connectivity index (χ0n) is 13.7. The van der Waals surface area contributed by atoms with E-state index in [4.69, 9.17) is 0 Å². The van der Waals surface area contributed by atoms with Crippen molar-refractivity contribution in [3.8, 4) is 0 Å². The Bertz CT molecular complexity index is 249. The fourth-order valence-corrected chi connectivity index (χ4v) is 3.10. The fourth-order valence-electron chi connectivity index (χ4n) is 3.10. The molecule has 0 saturated heterocycles. The van der Waals surface area contributed by atoms with Crippen LogP contribution in [0.4, 0.5) is 0 Å². The van der Waals surface area contributed by atoms with Crippen LogP contribution in [-0.4, -0.2) is 18.4 Å². The molecule has 120 valence electrons. The van der Waals surface area contributed by atoms with Crippen molar-refractivity contribution in [3.05, 3.63) is 0 Å². The third kappa shape index (κ3) is 8.97. The van der Waals surface area contributed by atoms with Crippen LogP contribution >= 0.6 is 0 Å². The lowest BCUT2D eigenvalue weighted by Gasteiger charge is -2.20. The molecule has 2 N–H and O–H groups in total. The monoisotopic (exact) mass is 303 g/mol. The zero-order valence-corrected chi connectivity index (χ0v) is 14.4. The van der Waals surface area contributed by atoms with Gasteiger partial charge in [0.15, 0.2) is 0 Å². The lowest BCUT2D eigenvalue weighted by atomic mass is 9.85. The van der Waals surface area contributed by atoms with Gasteiger partial charge in [0.1, 0.15) is 5.78 Å². The molecule has 2 nitrogen and oxygen atoms in total. The number of carbonyl (C=O) groups excluding carboxylic acids is 1. The number of halogens is 1. The summed E-state index contributed by atoms with van der Waals surface area (Å²) in [5.74, 6) is 1.75. The molecule has 1 fully saturated rings. The highest BCUT2D eigenvalue weighted by molar-refractivity contribution is 5.81. The molecule has 3 heteroatoms. The van der Waals surface area contributed by atoms with Crippen LogP contribution in [0.25, 0.3) is 0 Å². The number of nitrogens with two attached hydrogens (primary N) is 1. The lowest BCUT2D eigenvalue weighted by Crippen LogP contribution is -3.00. The second-order valence-corrected chi connectivity index (χ2v) is 6.88. The Balaban J connectivity index is 0.00000361. The number of Topliss-reactive ketones (excluding diaryl/α,β-unsaturated/α-hetero) is 1. The van der Waals surface area contributed by atoms with E-state index in [1.54, 1.807) is 0 Å². The smallest absolute Gasteiger partial charge is 0.141 e. The van der Waals surface area contributed by atoms with Gasteiger partial charge in [-0.05, 0) is 38.5 Å². The van der Waals surface area contributed by atoms with E-state index in [1.807, 2.05) is 0 Å². The molecule has 0 bridgehead atoms. The van der Waals surface area contributed by atoms with Gasteiger partial charge in [0, 0.05) is 5.92 Å². The number of hydrogen-bond donors (Lipinski definition) is 1. The van der Waals surface area contributed by atoms with E-state index in [0.717, 1.165) is 31.7 Å². The Morgan fingerprint density at radius 3 is 2.35 bits per heavy atom. The van der Waals surface area contributed by atoms with Gasteiger partial charge in [0.05, 0.1) is 19.0 Å². The molecule has 0 aliphatic heterocycles. The van der Waals surface area contributed by atoms with E-state index < -0.39 is 0 Å². The summed E-state index contributed by atoms with van der Waals surface area (Å²) in [6.45, 7) is 7.87. The summed E-state index contributed by atoms with van der Waals surface area (Å²) >= 11 is 0. The summed E-state index contributed by atoms with van der Waals surface area (Å²) < 4.78 is 0. The first-order valence-electron chi connectivity index (χ1n) is 8.45. The fraction of sp³-hybridized carbons (Fsp3) is 0.941. The van der Waals surface area contributed by atoms with E-state index in [1.165, 1.54) is 38.5 Å². The van der Waals surface area contributed by atoms with Crippen LogP contribution in [0.5, 0.6) is 0 Å². The highest BCUT2D eigenvalue weighted by atomic mass is 35.5. The SMILES string of the molecule is CC(C)CCCC(C)[NH2+]CCC(=O)C1CCCCC1.[Cl-]. The Hall–Kier alpha value is -0.0800. The largest absolute Gasteiger partial charge is 1.00 e. The van der Waals surface area contributed by atoms with Gasteiger partial charge in [-0.25, -0.2) is 0 Å². The number of quaternary nitrogens is 1. The molecule has 0 spiro atoms. The van der Waals surface area contributed by atoms with Crippen molar-refractivity contribution in [1.82, 2.24) is 0 Å². The average Bonchev–Trinajstić information content (AvgIpc) is 2.39. The van der Waals surface area contributed by atoms with E-state index in [9.17, 15) is 4.79 Å². The minimum absolute atomic E-state index is 0. The number of hydrogen-bond acceptors (Lipinski definition) is 1. The molecule has 1 atom stereocenters. The molecule has 0 aromatic carbocycles. The average molecular weight is 304 g/mol. The van der Waals surface area contributed by atoms with E-state index in [2.05, 4.69) is 26.1 Å². The molecular weight excluding hydrogens is 270 g/mol. The van der Waals surface area contributed by atoms with Crippen LogP contribution in [0.15, 0.2) is 0 Å². The minimum atomic E-state index is 0. The molecule has 20 heavy (non-hydrogen) atoms. The van der Waals surface area contributed by atoms with Crippen molar-refractivity contribution in [3.63, 3.8) is 0 Å². The van der Waals surface area contributed by atoms with Crippen LogP contribution in [0.3, 0.4) is 0 Å². The Kier molecular flexibility index (Phi) is 11.5. The van der Waals surface area contributed by atoms with Crippen molar-refractivity contribution in [2.24, 2.45) is 11.8 Å². The molecule has 1 rings (SSSR count). The highest BCUT2D eigenvalue weighted by Crippen LogP contribution is 2.24. The second-order valence-electron chi connectivity index (χ2n) is 6.88. The predicted molar refractivity (Wildman–Crippen MR) is 81.1 cm³/mol. The van der Waals surface area contributed by atoms with Crippen molar-refractivity contribution in [2.75, 3.05) is 6.54 Å². The standard InChI is InChI=1S/C17H33NO.ClH/c1-14(2)8-7-9-15(3)18-13-12-17(19)16-10-5-4-6-11-16;/h14-16,18H,4-13H2,1-3H3;1H. The third-order valence-corrected chi connectivity index (χ3v) is 4.46. The quantitative estimate of drug-likeness (QED) is 0.653. The molecule has 1 aliphatic carbocycles. The molecule has 0 heterocycles. The van der Waals surface area contributed by atoms with Gasteiger partial charge >= 0.3 is 0 Å². The minimum Gasteiger partial charge on any atom is -1.00 e. The van der Waals surface area contributed by atoms with E-state index >= 15 is 0 Å². The Morgan fingerprint density at radius 2 is 1.75 bits per heavy atom. The van der Waals surface area contributed by atoms with Crippen LogP contribution in [0, 0.1) is 11.8 Å². The molecule has 0 aromatic heterocycles. The predicted octanol–water partition coefficient (Wildman–Crippen LogP) is 0.308. The van der Waals surface area contributed by atoms with E-state index in [-0.39, 0.29) is 12.4 Å². The van der Waals surface area contributed by atoms with Gasteiger partial charge in [0.25, 0.3) is 0 Å². The van der Waals surface area contributed by atoms with Crippen molar-refractivity contribution >= 4 is 5.78 Å². The molecule has 0 radical (unpaired) electrons. The van der Waals surface area contributed by atoms with Gasteiger partial charge in [-0.2, -0.15) is 0 Å². The van der Waals surface area contributed by atoms with Gasteiger partial charge in [-0.3, -0.25) is 4.79 Å². The normalized spacial score (nSPS) is 17.8. The molecule has 0 aromatic rings. The lowest BCUT2D eigenvalue weighted by molar-refractivity contribution is -0.685. The first-order chi connectivity index (χ1) is 9.09. The van der Waals surface area contributed by atoms with Gasteiger partial charge < -0.3 is 17.7 Å². The molecule has 1 saturated carbocycles. The van der Waals surface area contributed by atoms with Crippen LogP contribution in [0.1, 0.15) is 78.6 Å². The van der Waals surface area contributed by atoms with Crippen molar-refractivity contribution < 1.29 is 22.5 Å². The Morgan fingerprint density at radius 1 is 1.10 bits per heavy atom. The molecule has 1 aliphatic rings. The summed E-state index contributed by atoms with van der Waals surface area (Å²) in [5, 5.41) is 2.38. The summed E-state index contributed by atoms with van der Waals surface area (Å²) in [4.78, 5) is 12.1. The third-order valence-electron chi connectivity index (χ3n) is 4.46. The first kappa shape index (κ1) is 19.9. The number of ketones is 1. The van der Waals surface area contributed by atoms with Gasteiger partial charge in [-0.1, -0.05) is 39.5 Å². The summed E-state index contributed by atoms with van der Waals surface area (Å²) in [6, 6.07) is 0.679. The molecular formula is C17H34ClNO. The Labute approximate surface area is 131 Å². The first-order valence-corrected chi connectivity index (χ1v) is 8.45. The van der Waals surface area contributed by atoms with Crippen molar-refractivity contribution in [1.29, 1.82) is 0 Å². The molecule has 0 amide bonds.